The molecule has 0 fully saturated rings. The van der Waals surface area contributed by atoms with Crippen molar-refractivity contribution in [1.29, 1.82) is 5.26 Å². The Morgan fingerprint density at radius 3 is 2.62 bits per heavy atom. The van der Waals surface area contributed by atoms with Gasteiger partial charge in [-0.15, -0.1) is 0 Å². The highest BCUT2D eigenvalue weighted by Gasteiger charge is 2.09. The van der Waals surface area contributed by atoms with E-state index in [1.54, 1.807) is 24.3 Å². The average Bonchev–Trinajstić information content (AvgIpc) is 2.50. The number of anilines is 1. The van der Waals surface area contributed by atoms with Crippen LogP contribution in [0.3, 0.4) is 0 Å². The Morgan fingerprint density at radius 1 is 1.29 bits per heavy atom. The number of aryl methyl sites for hydroxylation is 1. The molecule has 1 aromatic carbocycles. The molecule has 0 atom stereocenters. The van der Waals surface area contributed by atoms with E-state index in [4.69, 9.17) is 5.26 Å². The molecule has 1 N–H and O–H groups in total. The first-order valence-corrected chi connectivity index (χ1v) is 6.53. The van der Waals surface area contributed by atoms with Crippen LogP contribution in [0.25, 0.3) is 0 Å². The van der Waals surface area contributed by atoms with E-state index in [1.165, 1.54) is 16.8 Å². The predicted molar refractivity (Wildman–Crippen MR) is 77.9 cm³/mol. The lowest BCUT2D eigenvalue weighted by Crippen LogP contribution is -2.26. The third-order valence-corrected chi connectivity index (χ3v) is 2.81. The van der Waals surface area contributed by atoms with E-state index in [-0.39, 0.29) is 11.3 Å². The lowest BCUT2D eigenvalue weighted by molar-refractivity contribution is 0.102. The summed E-state index contributed by atoms with van der Waals surface area (Å²) in [6.07, 6.45) is 0.758. The van der Waals surface area contributed by atoms with Gasteiger partial charge in [0.25, 0.3) is 11.5 Å². The number of nitrogens with zero attached hydrogens (tertiary/aromatic N) is 3. The first-order chi connectivity index (χ1) is 10.1. The SMILES string of the molecule is CCCn1nc(C(=O)Nc2ccc(C#N)cc2)ccc1=O. The summed E-state index contributed by atoms with van der Waals surface area (Å²) in [6, 6.07) is 11.2. The van der Waals surface area contributed by atoms with Crippen molar-refractivity contribution in [2.45, 2.75) is 19.9 Å². The fraction of sp³-hybridized carbons (Fsp3) is 0.200. The standard InChI is InChI=1S/C15H14N4O2/c1-2-9-19-14(20)8-7-13(18-19)15(21)17-12-5-3-11(10-16)4-6-12/h3-8H,2,9H2,1H3,(H,17,21). The van der Waals surface area contributed by atoms with Crippen molar-refractivity contribution >= 4 is 11.6 Å². The van der Waals surface area contributed by atoms with Gasteiger partial charge in [-0.1, -0.05) is 6.92 Å². The molecule has 6 nitrogen and oxygen atoms in total. The third kappa shape index (κ3) is 3.54. The van der Waals surface area contributed by atoms with Crippen LogP contribution >= 0.6 is 0 Å². The average molecular weight is 282 g/mol. The highest BCUT2D eigenvalue weighted by atomic mass is 16.2. The molecule has 0 spiro atoms. The molecule has 1 aromatic heterocycles. The summed E-state index contributed by atoms with van der Waals surface area (Å²) in [5.41, 5.74) is 1.02. The molecule has 0 saturated heterocycles. The zero-order chi connectivity index (χ0) is 15.2. The highest BCUT2D eigenvalue weighted by Crippen LogP contribution is 2.09. The van der Waals surface area contributed by atoms with Crippen molar-refractivity contribution in [3.05, 3.63) is 58.0 Å². The van der Waals surface area contributed by atoms with E-state index in [1.807, 2.05) is 13.0 Å². The van der Waals surface area contributed by atoms with Crippen LogP contribution in [0.4, 0.5) is 5.69 Å². The van der Waals surface area contributed by atoms with Gasteiger partial charge in [-0.2, -0.15) is 10.4 Å². The normalized spacial score (nSPS) is 9.90. The van der Waals surface area contributed by atoms with Gasteiger partial charge in [0.05, 0.1) is 11.6 Å². The molecule has 2 aromatic rings. The van der Waals surface area contributed by atoms with Crippen molar-refractivity contribution in [1.82, 2.24) is 9.78 Å². The summed E-state index contributed by atoms with van der Waals surface area (Å²) in [6.45, 7) is 2.40. The van der Waals surface area contributed by atoms with Gasteiger partial charge in [0, 0.05) is 18.3 Å². The molecule has 0 aliphatic heterocycles. The van der Waals surface area contributed by atoms with E-state index >= 15 is 0 Å². The van der Waals surface area contributed by atoms with Gasteiger partial charge in [0.2, 0.25) is 0 Å². The molecule has 106 valence electrons. The smallest absolute Gasteiger partial charge is 0.276 e. The lowest BCUT2D eigenvalue weighted by Gasteiger charge is -2.07. The molecule has 0 aliphatic carbocycles. The van der Waals surface area contributed by atoms with Crippen molar-refractivity contribution in [3.8, 4) is 6.07 Å². The molecule has 0 bridgehead atoms. The number of nitrogens with one attached hydrogen (secondary N) is 1. The summed E-state index contributed by atoms with van der Waals surface area (Å²) in [5.74, 6) is -0.399. The fourth-order valence-corrected chi connectivity index (χ4v) is 1.77. The fourth-order valence-electron chi connectivity index (χ4n) is 1.77. The van der Waals surface area contributed by atoms with Gasteiger partial charge >= 0.3 is 0 Å². The van der Waals surface area contributed by atoms with E-state index in [0.717, 1.165) is 6.42 Å². The number of aromatic nitrogens is 2. The number of carbonyl (C=O) groups is 1. The van der Waals surface area contributed by atoms with Gasteiger partial charge in [-0.25, -0.2) is 4.68 Å². The summed E-state index contributed by atoms with van der Waals surface area (Å²) in [7, 11) is 0. The van der Waals surface area contributed by atoms with Crippen molar-refractivity contribution < 1.29 is 4.79 Å². The van der Waals surface area contributed by atoms with Crippen LogP contribution in [0.15, 0.2) is 41.2 Å². The Hall–Kier alpha value is -2.94. The van der Waals surface area contributed by atoms with Crippen molar-refractivity contribution in [2.24, 2.45) is 0 Å². The Balaban J connectivity index is 2.18. The first kappa shape index (κ1) is 14.5. The summed E-state index contributed by atoms with van der Waals surface area (Å²) >= 11 is 0. The number of rotatable bonds is 4. The Kier molecular flexibility index (Phi) is 4.46. The summed E-state index contributed by atoms with van der Waals surface area (Å²) in [5, 5.41) is 15.4. The number of hydrogen-bond acceptors (Lipinski definition) is 4. The van der Waals surface area contributed by atoms with Crippen LogP contribution in [-0.4, -0.2) is 15.7 Å². The molecule has 0 unspecified atom stereocenters. The second kappa shape index (κ2) is 6.48. The zero-order valence-electron chi connectivity index (χ0n) is 11.5. The molecule has 1 heterocycles. The van der Waals surface area contributed by atoms with Gasteiger partial charge in [-0.05, 0) is 36.8 Å². The predicted octanol–water partition coefficient (Wildman–Crippen LogP) is 1.78. The second-order valence-electron chi connectivity index (χ2n) is 4.42. The Labute approximate surface area is 121 Å². The number of carbonyl (C=O) groups excluding carboxylic acids is 1. The minimum absolute atomic E-state index is 0.174. The van der Waals surface area contributed by atoms with Gasteiger partial charge in [0.15, 0.2) is 0 Å². The lowest BCUT2D eigenvalue weighted by atomic mass is 10.2. The van der Waals surface area contributed by atoms with E-state index < -0.39 is 5.91 Å². The number of benzene rings is 1. The molecule has 6 heteroatoms. The van der Waals surface area contributed by atoms with E-state index in [0.29, 0.717) is 17.8 Å². The van der Waals surface area contributed by atoms with Crippen LogP contribution in [0.5, 0.6) is 0 Å². The molecule has 0 radical (unpaired) electrons. The van der Waals surface area contributed by atoms with Gasteiger partial charge < -0.3 is 5.32 Å². The number of hydrogen-bond donors (Lipinski definition) is 1. The van der Waals surface area contributed by atoms with Crippen LogP contribution in [0, 0.1) is 11.3 Å². The highest BCUT2D eigenvalue weighted by molar-refractivity contribution is 6.02. The van der Waals surface area contributed by atoms with Crippen LogP contribution in [0.2, 0.25) is 0 Å². The largest absolute Gasteiger partial charge is 0.321 e. The summed E-state index contributed by atoms with van der Waals surface area (Å²) < 4.78 is 1.27. The monoisotopic (exact) mass is 282 g/mol. The Morgan fingerprint density at radius 2 is 2.00 bits per heavy atom. The zero-order valence-corrected chi connectivity index (χ0v) is 11.5. The quantitative estimate of drug-likeness (QED) is 0.925. The summed E-state index contributed by atoms with van der Waals surface area (Å²) in [4.78, 5) is 23.6. The van der Waals surface area contributed by atoms with Crippen molar-refractivity contribution in [3.63, 3.8) is 0 Å². The topological polar surface area (TPSA) is 87.8 Å². The maximum atomic E-state index is 12.1. The minimum Gasteiger partial charge on any atom is -0.321 e. The number of nitriles is 1. The molecule has 0 aliphatic rings. The first-order valence-electron chi connectivity index (χ1n) is 6.53. The maximum absolute atomic E-state index is 12.1. The van der Waals surface area contributed by atoms with Crippen LogP contribution < -0.4 is 10.9 Å². The minimum atomic E-state index is -0.399. The van der Waals surface area contributed by atoms with Gasteiger partial charge in [0.1, 0.15) is 5.69 Å². The van der Waals surface area contributed by atoms with Crippen LogP contribution in [0.1, 0.15) is 29.4 Å². The molecule has 21 heavy (non-hydrogen) atoms. The third-order valence-electron chi connectivity index (χ3n) is 2.81. The van der Waals surface area contributed by atoms with E-state index in [2.05, 4.69) is 10.4 Å². The van der Waals surface area contributed by atoms with Crippen LogP contribution in [-0.2, 0) is 6.54 Å². The maximum Gasteiger partial charge on any atom is 0.276 e. The molecule has 0 saturated carbocycles. The molecular weight excluding hydrogens is 268 g/mol. The molecule has 1 amide bonds. The van der Waals surface area contributed by atoms with Gasteiger partial charge in [-0.3, -0.25) is 9.59 Å². The van der Waals surface area contributed by atoms with Crippen molar-refractivity contribution in [2.75, 3.05) is 5.32 Å². The number of amides is 1. The molecule has 2 rings (SSSR count). The van der Waals surface area contributed by atoms with E-state index in [9.17, 15) is 9.59 Å². The molecular formula is C15H14N4O2. The Bertz CT molecular complexity index is 742. The second-order valence-corrected chi connectivity index (χ2v) is 4.42.